The van der Waals surface area contributed by atoms with Gasteiger partial charge in [0.25, 0.3) is 0 Å². The van der Waals surface area contributed by atoms with Gasteiger partial charge < -0.3 is 50.4 Å². The molecule has 1 heterocycles. The van der Waals surface area contributed by atoms with Crippen molar-refractivity contribution in [1.82, 2.24) is 10.2 Å². The summed E-state index contributed by atoms with van der Waals surface area (Å²) in [6, 6.07) is 4.02. The molecule has 16 nitrogen and oxygen atoms in total. The van der Waals surface area contributed by atoms with E-state index in [-0.39, 0.29) is 36.9 Å². The van der Waals surface area contributed by atoms with Crippen molar-refractivity contribution in [2.75, 3.05) is 44.2 Å². The molecule has 1 aliphatic rings. The molecule has 38 heavy (non-hydrogen) atoms. The van der Waals surface area contributed by atoms with E-state index in [1.165, 1.54) is 25.2 Å². The lowest BCUT2D eigenvalue weighted by Gasteiger charge is -2.38. The number of aliphatic hydroxyl groups excluding tert-OH is 4. The van der Waals surface area contributed by atoms with Crippen LogP contribution in [0.3, 0.4) is 0 Å². The number of benzene rings is 1. The number of likely N-dealkylation sites (N-methyl/N-ethyl adjacent to an activating group) is 1. The zero-order valence-electron chi connectivity index (χ0n) is 20.5. The van der Waals surface area contributed by atoms with Crippen LogP contribution in [-0.2, 0) is 35.5 Å². The van der Waals surface area contributed by atoms with E-state index in [2.05, 4.69) is 10.6 Å². The molecule has 17 heteroatoms. The standard InChI is InChI=1S/C21H31N3O13S/c1-22-8-14(26)23-12-7-11(9-35-21(32)24(10-25)5-6-38(2,33)34)3-4-13(12)36-20-17(29)15(27)16(28)18(37-20)19(30)31/h3-4,7,15-18,20,22,25,27-29H,5-6,8-10H2,1-2H3,(H,23,26)(H,30,31)/t15-,16-,17+,18-,20+/m0/s1. The lowest BCUT2D eigenvalue weighted by molar-refractivity contribution is -0.271. The van der Waals surface area contributed by atoms with Gasteiger partial charge in [0.2, 0.25) is 12.2 Å². The van der Waals surface area contributed by atoms with E-state index in [1.54, 1.807) is 0 Å². The molecule has 0 unspecified atom stereocenters. The number of sulfone groups is 1. The molecule has 0 saturated carbocycles. The molecular formula is C21H31N3O13S. The number of carboxylic acids is 1. The Balaban J connectivity index is 2.21. The van der Waals surface area contributed by atoms with E-state index in [1.807, 2.05) is 0 Å². The third-order valence-corrected chi connectivity index (χ3v) is 6.16. The van der Waals surface area contributed by atoms with Gasteiger partial charge in [0, 0.05) is 12.8 Å². The van der Waals surface area contributed by atoms with E-state index < -0.39 is 65.2 Å². The maximum Gasteiger partial charge on any atom is 0.411 e. The highest BCUT2D eigenvalue weighted by molar-refractivity contribution is 7.90. The number of carboxylic acid groups (broad SMARTS) is 1. The van der Waals surface area contributed by atoms with Crippen molar-refractivity contribution < 1.29 is 62.5 Å². The maximum atomic E-state index is 12.2. The van der Waals surface area contributed by atoms with Crippen molar-refractivity contribution in [3.8, 4) is 5.75 Å². The van der Waals surface area contributed by atoms with Crippen LogP contribution in [0.25, 0.3) is 0 Å². The van der Waals surface area contributed by atoms with Gasteiger partial charge in [-0.05, 0) is 24.7 Å². The summed E-state index contributed by atoms with van der Waals surface area (Å²) >= 11 is 0. The molecule has 0 radical (unpaired) electrons. The number of hydrogen-bond acceptors (Lipinski definition) is 13. The summed E-state index contributed by atoms with van der Waals surface area (Å²) in [4.78, 5) is 36.5. The number of rotatable bonds is 12. The number of carbonyl (C=O) groups is 3. The average Bonchev–Trinajstić information content (AvgIpc) is 2.83. The Labute approximate surface area is 217 Å². The fourth-order valence-electron chi connectivity index (χ4n) is 3.23. The summed E-state index contributed by atoms with van der Waals surface area (Å²) in [5.41, 5.74) is 0.314. The predicted molar refractivity (Wildman–Crippen MR) is 128 cm³/mol. The third-order valence-electron chi connectivity index (χ3n) is 5.23. The van der Waals surface area contributed by atoms with Gasteiger partial charge in [-0.15, -0.1) is 0 Å². The van der Waals surface area contributed by atoms with Crippen molar-refractivity contribution in [2.24, 2.45) is 0 Å². The third kappa shape index (κ3) is 8.76. The molecule has 1 fully saturated rings. The monoisotopic (exact) mass is 565 g/mol. The first-order valence-electron chi connectivity index (χ1n) is 11.1. The minimum absolute atomic E-state index is 0.00169. The second-order valence-electron chi connectivity index (χ2n) is 8.35. The van der Waals surface area contributed by atoms with E-state index in [9.17, 15) is 48.3 Å². The molecule has 2 amide bonds. The molecule has 2 rings (SSSR count). The minimum atomic E-state index is -3.40. The van der Waals surface area contributed by atoms with Gasteiger partial charge in [0.05, 0.1) is 18.0 Å². The van der Waals surface area contributed by atoms with Crippen molar-refractivity contribution in [2.45, 2.75) is 37.3 Å². The van der Waals surface area contributed by atoms with Gasteiger partial charge >= 0.3 is 12.1 Å². The Hall–Kier alpha value is -3.06. The van der Waals surface area contributed by atoms with Crippen LogP contribution in [0.1, 0.15) is 5.56 Å². The van der Waals surface area contributed by atoms with Crippen LogP contribution in [-0.4, -0.2) is 126 Å². The van der Waals surface area contributed by atoms with Gasteiger partial charge in [-0.1, -0.05) is 6.07 Å². The quantitative estimate of drug-likeness (QED) is 0.125. The van der Waals surface area contributed by atoms with E-state index in [0.29, 0.717) is 5.56 Å². The summed E-state index contributed by atoms with van der Waals surface area (Å²) in [5.74, 6) is -2.64. The van der Waals surface area contributed by atoms with Crippen molar-refractivity contribution >= 4 is 33.5 Å². The molecule has 7 N–H and O–H groups in total. The molecule has 5 atom stereocenters. The van der Waals surface area contributed by atoms with Crippen LogP contribution >= 0.6 is 0 Å². The fourth-order valence-corrected chi connectivity index (χ4v) is 3.78. The molecule has 0 bridgehead atoms. The summed E-state index contributed by atoms with van der Waals surface area (Å²) in [6.45, 7) is -1.56. The second kappa shape index (κ2) is 13.7. The normalized spacial score (nSPS) is 23.4. The van der Waals surface area contributed by atoms with Gasteiger partial charge in [-0.3, -0.25) is 9.69 Å². The smallest absolute Gasteiger partial charge is 0.411 e. The number of aliphatic carboxylic acids is 1. The topological polar surface area (TPSA) is 241 Å². The maximum absolute atomic E-state index is 12.2. The number of aliphatic hydroxyl groups is 4. The van der Waals surface area contributed by atoms with Gasteiger partial charge in [0.15, 0.2) is 6.10 Å². The zero-order valence-corrected chi connectivity index (χ0v) is 21.3. The second-order valence-corrected chi connectivity index (χ2v) is 10.6. The van der Waals surface area contributed by atoms with Crippen LogP contribution in [0.4, 0.5) is 10.5 Å². The molecule has 1 aromatic rings. The van der Waals surface area contributed by atoms with Crippen LogP contribution in [0.5, 0.6) is 5.75 Å². The number of nitrogens with one attached hydrogen (secondary N) is 2. The van der Waals surface area contributed by atoms with Gasteiger partial charge in [0.1, 0.15) is 47.2 Å². The van der Waals surface area contributed by atoms with Gasteiger partial charge in [-0.2, -0.15) is 0 Å². The van der Waals surface area contributed by atoms with Crippen molar-refractivity contribution in [3.05, 3.63) is 23.8 Å². The predicted octanol–water partition coefficient (Wildman–Crippen LogP) is -2.95. The molecular weight excluding hydrogens is 534 g/mol. The Bertz CT molecular complexity index is 1100. The van der Waals surface area contributed by atoms with Crippen LogP contribution in [0.2, 0.25) is 0 Å². The van der Waals surface area contributed by atoms with Crippen LogP contribution in [0, 0.1) is 0 Å². The van der Waals surface area contributed by atoms with E-state index >= 15 is 0 Å². The Morgan fingerprint density at radius 1 is 1.13 bits per heavy atom. The highest BCUT2D eigenvalue weighted by atomic mass is 32.2. The van der Waals surface area contributed by atoms with Crippen LogP contribution in [0.15, 0.2) is 18.2 Å². The first-order chi connectivity index (χ1) is 17.8. The number of anilines is 1. The number of nitrogens with zero attached hydrogens (tertiary/aromatic N) is 1. The Morgan fingerprint density at radius 3 is 2.39 bits per heavy atom. The Morgan fingerprint density at radius 2 is 1.82 bits per heavy atom. The lowest BCUT2D eigenvalue weighted by atomic mass is 9.99. The van der Waals surface area contributed by atoms with E-state index in [4.69, 9.17) is 14.2 Å². The first kappa shape index (κ1) is 31.2. The number of ether oxygens (including phenoxy) is 3. The summed E-state index contributed by atoms with van der Waals surface area (Å²) in [5, 5.41) is 53.8. The molecule has 0 aromatic heterocycles. The molecule has 1 aromatic carbocycles. The number of amides is 2. The van der Waals surface area contributed by atoms with Crippen LogP contribution < -0.4 is 15.4 Å². The van der Waals surface area contributed by atoms with Crippen molar-refractivity contribution in [1.29, 1.82) is 0 Å². The fraction of sp³-hybridized carbons (Fsp3) is 0.571. The van der Waals surface area contributed by atoms with Gasteiger partial charge in [-0.25, -0.2) is 18.0 Å². The molecule has 0 aliphatic carbocycles. The molecule has 0 spiro atoms. The largest absolute Gasteiger partial charge is 0.479 e. The molecule has 214 valence electrons. The Kier molecular flexibility index (Phi) is 11.2. The SMILES string of the molecule is CNCC(=O)Nc1cc(COC(=O)N(CO)CCS(C)(=O)=O)ccc1O[C@@H]1O[C@H](C(=O)O)[C@@H](O)[C@H](O)[C@H]1O. The first-order valence-corrected chi connectivity index (χ1v) is 13.2. The van der Waals surface area contributed by atoms with E-state index in [0.717, 1.165) is 11.2 Å². The summed E-state index contributed by atoms with van der Waals surface area (Å²) in [7, 11) is -1.88. The highest BCUT2D eigenvalue weighted by Crippen LogP contribution is 2.31. The molecule has 1 aliphatic heterocycles. The highest BCUT2D eigenvalue weighted by Gasteiger charge is 2.48. The summed E-state index contributed by atoms with van der Waals surface area (Å²) in [6.07, 6.45) is -9.36. The molecule has 1 saturated heterocycles. The number of carbonyl (C=O) groups excluding carboxylic acids is 2. The van der Waals surface area contributed by atoms with Crippen molar-refractivity contribution in [3.63, 3.8) is 0 Å². The lowest BCUT2D eigenvalue weighted by Crippen LogP contribution is -2.61. The zero-order chi connectivity index (χ0) is 28.6. The minimum Gasteiger partial charge on any atom is -0.479 e. The number of hydrogen-bond donors (Lipinski definition) is 7. The average molecular weight is 566 g/mol. The summed E-state index contributed by atoms with van der Waals surface area (Å²) < 4.78 is 38.4.